The first-order chi connectivity index (χ1) is 5.13. The highest BCUT2D eigenvalue weighted by Gasteiger charge is 2.02. The molecule has 0 bridgehead atoms. The van der Waals surface area contributed by atoms with Crippen LogP contribution in [0.25, 0.3) is 0 Å². The average molecular weight is 151 g/mol. The zero-order chi connectivity index (χ0) is 8.85. The second-order valence-electron chi connectivity index (χ2n) is 2.81. The second-order valence-corrected chi connectivity index (χ2v) is 2.81. The SMILES string of the molecule is C=C(C(/C=N\C)=C/C)C(C)C. The van der Waals surface area contributed by atoms with Crippen LogP contribution in [-0.2, 0) is 0 Å². The van der Waals surface area contributed by atoms with E-state index < -0.39 is 0 Å². The van der Waals surface area contributed by atoms with E-state index in [1.165, 1.54) is 0 Å². The molecule has 0 atom stereocenters. The first-order valence-corrected chi connectivity index (χ1v) is 3.91. The van der Waals surface area contributed by atoms with E-state index in [2.05, 4.69) is 25.4 Å². The molecule has 1 heteroatoms. The highest BCUT2D eigenvalue weighted by Crippen LogP contribution is 2.15. The Morgan fingerprint density at radius 1 is 1.45 bits per heavy atom. The Morgan fingerprint density at radius 2 is 2.00 bits per heavy atom. The maximum absolute atomic E-state index is 3.98. The zero-order valence-corrected chi connectivity index (χ0v) is 7.89. The van der Waals surface area contributed by atoms with Gasteiger partial charge in [0.1, 0.15) is 0 Å². The standard InChI is InChI=1S/C10H17N/c1-6-10(7-11-5)9(4)8(2)3/h6-8H,4H2,1-3,5H3/b10-6+,11-7-. The molecule has 1 nitrogen and oxygen atoms in total. The van der Waals surface area contributed by atoms with Gasteiger partial charge in [0.05, 0.1) is 0 Å². The smallest absolute Gasteiger partial charge is 0.0280 e. The lowest BCUT2D eigenvalue weighted by Gasteiger charge is -2.08. The van der Waals surface area contributed by atoms with Crippen molar-refractivity contribution in [3.63, 3.8) is 0 Å². The molecule has 62 valence electrons. The van der Waals surface area contributed by atoms with Crippen LogP contribution in [0.15, 0.2) is 28.8 Å². The van der Waals surface area contributed by atoms with Crippen LogP contribution in [0.5, 0.6) is 0 Å². The third-order valence-electron chi connectivity index (χ3n) is 1.65. The van der Waals surface area contributed by atoms with Crippen LogP contribution in [0.2, 0.25) is 0 Å². The van der Waals surface area contributed by atoms with E-state index >= 15 is 0 Å². The number of hydrogen-bond donors (Lipinski definition) is 0. The molecule has 0 fully saturated rings. The molecule has 0 spiro atoms. The van der Waals surface area contributed by atoms with Gasteiger partial charge >= 0.3 is 0 Å². The van der Waals surface area contributed by atoms with Crippen LogP contribution in [0.1, 0.15) is 20.8 Å². The fourth-order valence-electron chi connectivity index (χ4n) is 0.815. The molecule has 0 radical (unpaired) electrons. The summed E-state index contributed by atoms with van der Waals surface area (Å²) in [5.74, 6) is 0.499. The Morgan fingerprint density at radius 3 is 2.27 bits per heavy atom. The van der Waals surface area contributed by atoms with E-state index in [0.29, 0.717) is 5.92 Å². The minimum Gasteiger partial charge on any atom is -0.296 e. The first-order valence-electron chi connectivity index (χ1n) is 3.91. The van der Waals surface area contributed by atoms with Gasteiger partial charge in [-0.3, -0.25) is 4.99 Å². The largest absolute Gasteiger partial charge is 0.296 e. The van der Waals surface area contributed by atoms with Gasteiger partial charge < -0.3 is 0 Å². The van der Waals surface area contributed by atoms with Gasteiger partial charge in [-0.1, -0.05) is 26.5 Å². The second kappa shape index (κ2) is 4.89. The lowest BCUT2D eigenvalue weighted by molar-refractivity contribution is 0.789. The Labute approximate surface area is 69.5 Å². The van der Waals surface area contributed by atoms with Crippen molar-refractivity contribution in [2.24, 2.45) is 10.9 Å². The molecular formula is C10H17N. The molecule has 0 aromatic heterocycles. The predicted octanol–water partition coefficient (Wildman–Crippen LogP) is 2.85. The minimum atomic E-state index is 0.499. The van der Waals surface area contributed by atoms with Crippen molar-refractivity contribution in [2.45, 2.75) is 20.8 Å². The van der Waals surface area contributed by atoms with Gasteiger partial charge in [0.25, 0.3) is 0 Å². The van der Waals surface area contributed by atoms with Crippen molar-refractivity contribution in [3.8, 4) is 0 Å². The Balaban J connectivity index is 4.41. The molecule has 0 aromatic carbocycles. The quantitative estimate of drug-likeness (QED) is 0.434. The third kappa shape index (κ3) is 3.17. The first kappa shape index (κ1) is 10.2. The lowest BCUT2D eigenvalue weighted by Crippen LogP contribution is -1.97. The monoisotopic (exact) mass is 151 g/mol. The van der Waals surface area contributed by atoms with Gasteiger partial charge in [0.15, 0.2) is 0 Å². The van der Waals surface area contributed by atoms with Gasteiger partial charge in [-0.15, -0.1) is 0 Å². The Hall–Kier alpha value is -0.850. The minimum absolute atomic E-state index is 0.499. The maximum Gasteiger partial charge on any atom is 0.0280 e. The van der Waals surface area contributed by atoms with Crippen LogP contribution in [0.3, 0.4) is 0 Å². The van der Waals surface area contributed by atoms with Crippen LogP contribution in [0.4, 0.5) is 0 Å². The predicted molar refractivity (Wildman–Crippen MR) is 52.2 cm³/mol. The summed E-state index contributed by atoms with van der Waals surface area (Å²) in [6, 6.07) is 0. The highest BCUT2D eigenvalue weighted by atomic mass is 14.6. The van der Waals surface area contributed by atoms with Crippen molar-refractivity contribution in [1.82, 2.24) is 0 Å². The summed E-state index contributed by atoms with van der Waals surface area (Å²) in [4.78, 5) is 3.96. The Bertz CT molecular complexity index is 185. The van der Waals surface area contributed by atoms with Crippen LogP contribution < -0.4 is 0 Å². The number of nitrogens with zero attached hydrogens (tertiary/aromatic N) is 1. The Kier molecular flexibility index (Phi) is 4.51. The molecule has 0 aliphatic rings. The van der Waals surface area contributed by atoms with Crippen molar-refractivity contribution in [2.75, 3.05) is 7.05 Å². The van der Waals surface area contributed by atoms with E-state index in [0.717, 1.165) is 11.1 Å². The number of aliphatic imine (C=N–C) groups is 1. The molecule has 0 unspecified atom stereocenters. The average Bonchev–Trinajstić information content (AvgIpc) is 1.98. The zero-order valence-electron chi connectivity index (χ0n) is 7.89. The summed E-state index contributed by atoms with van der Waals surface area (Å²) in [6.07, 6.45) is 3.89. The number of rotatable bonds is 3. The molecular weight excluding hydrogens is 134 g/mol. The summed E-state index contributed by atoms with van der Waals surface area (Å²) < 4.78 is 0. The van der Waals surface area contributed by atoms with Crippen LogP contribution in [-0.4, -0.2) is 13.3 Å². The van der Waals surface area contributed by atoms with E-state index in [1.807, 2.05) is 19.2 Å². The van der Waals surface area contributed by atoms with E-state index in [-0.39, 0.29) is 0 Å². The number of hydrogen-bond acceptors (Lipinski definition) is 1. The van der Waals surface area contributed by atoms with Gasteiger partial charge in [-0.2, -0.15) is 0 Å². The van der Waals surface area contributed by atoms with Crippen LogP contribution in [0, 0.1) is 5.92 Å². The normalized spacial score (nSPS) is 13.0. The molecule has 0 heterocycles. The molecule has 0 aliphatic heterocycles. The summed E-state index contributed by atoms with van der Waals surface area (Å²) in [5.41, 5.74) is 2.29. The molecule has 0 rings (SSSR count). The molecule has 11 heavy (non-hydrogen) atoms. The van der Waals surface area contributed by atoms with Crippen molar-refractivity contribution >= 4 is 6.21 Å². The number of allylic oxidation sites excluding steroid dienone is 3. The fraction of sp³-hybridized carbons (Fsp3) is 0.500. The lowest BCUT2D eigenvalue weighted by atomic mass is 9.98. The van der Waals surface area contributed by atoms with Gasteiger partial charge in [0.2, 0.25) is 0 Å². The van der Waals surface area contributed by atoms with Gasteiger partial charge in [-0.05, 0) is 24.0 Å². The fourth-order valence-corrected chi connectivity index (χ4v) is 0.815. The highest BCUT2D eigenvalue weighted by molar-refractivity contribution is 5.84. The summed E-state index contributed by atoms with van der Waals surface area (Å²) in [6.45, 7) is 10.3. The van der Waals surface area contributed by atoms with Crippen molar-refractivity contribution in [3.05, 3.63) is 23.8 Å². The van der Waals surface area contributed by atoms with E-state index in [1.54, 1.807) is 7.05 Å². The van der Waals surface area contributed by atoms with Crippen LogP contribution >= 0.6 is 0 Å². The van der Waals surface area contributed by atoms with E-state index in [4.69, 9.17) is 0 Å². The summed E-state index contributed by atoms with van der Waals surface area (Å²) in [5, 5.41) is 0. The van der Waals surface area contributed by atoms with Gasteiger partial charge in [0, 0.05) is 13.3 Å². The summed E-state index contributed by atoms with van der Waals surface area (Å²) >= 11 is 0. The molecule has 0 saturated carbocycles. The summed E-state index contributed by atoms with van der Waals surface area (Å²) in [7, 11) is 1.77. The topological polar surface area (TPSA) is 12.4 Å². The molecule has 0 aliphatic carbocycles. The van der Waals surface area contributed by atoms with E-state index in [9.17, 15) is 0 Å². The van der Waals surface area contributed by atoms with Crippen molar-refractivity contribution < 1.29 is 0 Å². The third-order valence-corrected chi connectivity index (χ3v) is 1.65. The molecule has 0 aromatic rings. The van der Waals surface area contributed by atoms with Crippen molar-refractivity contribution in [1.29, 1.82) is 0 Å². The molecule has 0 saturated heterocycles. The molecule has 0 amide bonds. The maximum atomic E-state index is 3.98. The molecule has 0 N–H and O–H groups in total. The van der Waals surface area contributed by atoms with Gasteiger partial charge in [-0.25, -0.2) is 0 Å².